The van der Waals surface area contributed by atoms with E-state index in [1.807, 2.05) is 17.9 Å². The lowest BCUT2D eigenvalue weighted by Gasteiger charge is -2.26. The fourth-order valence-corrected chi connectivity index (χ4v) is 5.60. The molecule has 1 aliphatic rings. The average Bonchev–Trinajstić information content (AvgIpc) is 3.13. The topological polar surface area (TPSA) is 104 Å². The van der Waals surface area contributed by atoms with Crippen LogP contribution in [0, 0.1) is 5.82 Å². The number of aryl methyl sites for hydroxylation is 1. The van der Waals surface area contributed by atoms with Gasteiger partial charge >= 0.3 is 0 Å². The van der Waals surface area contributed by atoms with E-state index in [9.17, 15) is 22.4 Å². The number of sulfone groups is 1. The van der Waals surface area contributed by atoms with Crippen molar-refractivity contribution in [3.8, 4) is 11.1 Å². The highest BCUT2D eigenvalue weighted by Gasteiger charge is 2.30. The van der Waals surface area contributed by atoms with Gasteiger partial charge < -0.3 is 19.8 Å². The summed E-state index contributed by atoms with van der Waals surface area (Å²) in [7, 11) is -1.66. The molecule has 0 saturated heterocycles. The summed E-state index contributed by atoms with van der Waals surface area (Å²) in [5.74, 6) is -0.856. The molecule has 2 N–H and O–H groups in total. The van der Waals surface area contributed by atoms with Crippen molar-refractivity contribution >= 4 is 38.0 Å². The van der Waals surface area contributed by atoms with E-state index in [4.69, 9.17) is 0 Å². The largest absolute Gasteiger partial charge is 0.351 e. The molecular weight excluding hydrogens is 483 g/mol. The number of halogens is 1. The normalized spacial score (nSPS) is 12.9. The predicted octanol–water partition coefficient (Wildman–Crippen LogP) is 3.62. The van der Waals surface area contributed by atoms with E-state index in [1.165, 1.54) is 23.0 Å². The zero-order valence-corrected chi connectivity index (χ0v) is 20.9. The number of amides is 1. The van der Waals surface area contributed by atoms with E-state index in [-0.39, 0.29) is 35.3 Å². The van der Waals surface area contributed by atoms with E-state index in [1.54, 1.807) is 37.5 Å². The molecule has 0 bridgehead atoms. The molecule has 0 spiro atoms. The van der Waals surface area contributed by atoms with Crippen LogP contribution < -0.4 is 15.8 Å². The molecular formula is C26H25FN4O4S. The fourth-order valence-electron chi connectivity index (χ4n) is 4.82. The van der Waals surface area contributed by atoms with E-state index in [0.717, 1.165) is 5.69 Å². The van der Waals surface area contributed by atoms with Crippen molar-refractivity contribution in [3.05, 3.63) is 81.7 Å². The highest BCUT2D eigenvalue weighted by Crippen LogP contribution is 2.44. The van der Waals surface area contributed by atoms with Crippen molar-refractivity contribution in [2.75, 3.05) is 17.7 Å². The van der Waals surface area contributed by atoms with Gasteiger partial charge in [-0.3, -0.25) is 9.59 Å². The second-order valence-electron chi connectivity index (χ2n) is 9.03. The number of fused-ring (bicyclic) bond motifs is 2. The van der Waals surface area contributed by atoms with Crippen LogP contribution in [-0.4, -0.2) is 36.7 Å². The Morgan fingerprint density at radius 3 is 2.53 bits per heavy atom. The number of carbonyl (C=O) groups is 1. The minimum Gasteiger partial charge on any atom is -0.351 e. The summed E-state index contributed by atoms with van der Waals surface area (Å²) < 4.78 is 39.3. The zero-order chi connectivity index (χ0) is 25.8. The highest BCUT2D eigenvalue weighted by molar-refractivity contribution is 7.89. The molecule has 36 heavy (non-hydrogen) atoms. The first-order valence-corrected chi connectivity index (χ1v) is 13.5. The monoisotopic (exact) mass is 508 g/mol. The molecule has 3 heterocycles. The third-order valence-corrected chi connectivity index (χ3v) is 7.18. The highest BCUT2D eigenvalue weighted by atomic mass is 32.2. The van der Waals surface area contributed by atoms with Gasteiger partial charge in [0.15, 0.2) is 9.84 Å². The van der Waals surface area contributed by atoms with Crippen molar-refractivity contribution in [2.24, 2.45) is 7.05 Å². The second-order valence-corrected chi connectivity index (χ2v) is 11.2. The lowest BCUT2D eigenvalue weighted by atomic mass is 9.99. The molecule has 0 unspecified atom stereocenters. The third-order valence-electron chi connectivity index (χ3n) is 6.32. The number of carbonyl (C=O) groups excluding carboxylic acids is 1. The number of hydrogen-bond acceptors (Lipinski definition) is 5. The second kappa shape index (κ2) is 8.63. The SMILES string of the molecule is CCNC(=O)c1[nH]c2c(=O)n(C)cc3c2c1CN(c1ccc(F)cc1)c1ccc(CS(C)(=O)=O)cc1-3. The van der Waals surface area contributed by atoms with Crippen LogP contribution in [0.1, 0.15) is 28.5 Å². The molecule has 0 atom stereocenters. The summed E-state index contributed by atoms with van der Waals surface area (Å²) in [5.41, 5.74) is 4.37. The molecule has 2 aromatic carbocycles. The summed E-state index contributed by atoms with van der Waals surface area (Å²) in [4.78, 5) is 31.1. The molecule has 186 valence electrons. The Labute approximate surface area is 207 Å². The Kier molecular flexibility index (Phi) is 5.71. The van der Waals surface area contributed by atoms with Crippen LogP contribution in [0.4, 0.5) is 15.8 Å². The van der Waals surface area contributed by atoms with E-state index < -0.39 is 9.84 Å². The minimum atomic E-state index is -3.29. The van der Waals surface area contributed by atoms with Gasteiger partial charge in [-0.15, -0.1) is 0 Å². The van der Waals surface area contributed by atoms with Crippen LogP contribution in [0.3, 0.4) is 0 Å². The van der Waals surface area contributed by atoms with Gasteiger partial charge in [0.25, 0.3) is 11.5 Å². The Bertz CT molecular complexity index is 1690. The maximum atomic E-state index is 13.8. The molecule has 1 aliphatic heterocycles. The lowest BCUT2D eigenvalue weighted by molar-refractivity contribution is 0.0950. The van der Waals surface area contributed by atoms with Gasteiger partial charge in [-0.25, -0.2) is 12.8 Å². The van der Waals surface area contributed by atoms with Gasteiger partial charge in [0, 0.05) is 59.5 Å². The molecule has 0 aliphatic carbocycles. The molecule has 0 radical (unpaired) electrons. The molecule has 5 rings (SSSR count). The van der Waals surface area contributed by atoms with Crippen LogP contribution in [0.5, 0.6) is 0 Å². The molecule has 1 amide bonds. The molecule has 4 aromatic rings. The predicted molar refractivity (Wildman–Crippen MR) is 138 cm³/mol. The van der Waals surface area contributed by atoms with Gasteiger partial charge in [0.1, 0.15) is 17.0 Å². The standard InChI is InChI=1S/C26H25FN4O4S/c1-4-28-25(32)23-20-13-31(17-8-6-16(27)7-9-17)21-10-5-15(14-36(3,34)35)11-18(21)19-12-30(2)26(33)24(29-23)22(19)20/h5-12,29H,4,13-14H2,1-3H3,(H,28,32). The number of rotatable bonds is 5. The maximum absolute atomic E-state index is 13.8. The van der Waals surface area contributed by atoms with Crippen molar-refractivity contribution < 1.29 is 17.6 Å². The van der Waals surface area contributed by atoms with Gasteiger partial charge in [0.05, 0.1) is 12.3 Å². The van der Waals surface area contributed by atoms with Crippen molar-refractivity contribution in [1.82, 2.24) is 14.9 Å². The summed E-state index contributed by atoms with van der Waals surface area (Å²) in [6, 6.07) is 11.4. The Hall–Kier alpha value is -3.92. The Morgan fingerprint density at radius 2 is 1.86 bits per heavy atom. The van der Waals surface area contributed by atoms with Crippen molar-refractivity contribution in [2.45, 2.75) is 19.2 Å². The first kappa shape index (κ1) is 23.8. The lowest BCUT2D eigenvalue weighted by Crippen LogP contribution is -2.26. The van der Waals surface area contributed by atoms with Gasteiger partial charge in [-0.2, -0.15) is 0 Å². The van der Waals surface area contributed by atoms with Gasteiger partial charge in [0.2, 0.25) is 0 Å². The average molecular weight is 509 g/mol. The number of benzene rings is 2. The Morgan fingerprint density at radius 1 is 1.14 bits per heavy atom. The maximum Gasteiger partial charge on any atom is 0.274 e. The number of hydrogen-bond donors (Lipinski definition) is 2. The first-order valence-electron chi connectivity index (χ1n) is 11.4. The third kappa shape index (κ3) is 4.07. The van der Waals surface area contributed by atoms with Crippen LogP contribution >= 0.6 is 0 Å². The van der Waals surface area contributed by atoms with Crippen LogP contribution in [0.2, 0.25) is 0 Å². The van der Waals surface area contributed by atoms with Crippen LogP contribution in [0.25, 0.3) is 22.0 Å². The summed E-state index contributed by atoms with van der Waals surface area (Å²) in [6.07, 6.45) is 2.89. The van der Waals surface area contributed by atoms with E-state index >= 15 is 0 Å². The van der Waals surface area contributed by atoms with E-state index in [2.05, 4.69) is 10.3 Å². The first-order chi connectivity index (χ1) is 17.1. The van der Waals surface area contributed by atoms with Crippen LogP contribution in [-0.2, 0) is 29.2 Å². The van der Waals surface area contributed by atoms with Crippen molar-refractivity contribution in [3.63, 3.8) is 0 Å². The minimum absolute atomic E-state index is 0.143. The molecule has 0 fully saturated rings. The van der Waals surface area contributed by atoms with E-state index in [0.29, 0.717) is 45.4 Å². The molecule has 8 nitrogen and oxygen atoms in total. The number of aromatic nitrogens is 2. The number of aromatic amines is 1. The van der Waals surface area contributed by atoms with Crippen LogP contribution in [0.15, 0.2) is 53.5 Å². The summed E-state index contributed by atoms with van der Waals surface area (Å²) in [6.45, 7) is 2.46. The fraction of sp³-hybridized carbons (Fsp3) is 0.231. The molecule has 0 saturated carbocycles. The number of nitrogens with zero attached hydrogens (tertiary/aromatic N) is 2. The van der Waals surface area contributed by atoms with Crippen molar-refractivity contribution in [1.29, 1.82) is 0 Å². The number of pyridine rings is 1. The number of nitrogens with one attached hydrogen (secondary N) is 2. The molecule has 10 heteroatoms. The van der Waals surface area contributed by atoms with Gasteiger partial charge in [-0.05, 0) is 48.9 Å². The Balaban J connectivity index is 1.87. The zero-order valence-electron chi connectivity index (χ0n) is 20.1. The summed E-state index contributed by atoms with van der Waals surface area (Å²) >= 11 is 0. The van der Waals surface area contributed by atoms with Gasteiger partial charge in [-0.1, -0.05) is 6.07 Å². The number of H-pyrrole nitrogens is 1. The summed E-state index contributed by atoms with van der Waals surface area (Å²) in [5, 5.41) is 3.41. The smallest absolute Gasteiger partial charge is 0.274 e. The quantitative estimate of drug-likeness (QED) is 0.429. The molecule has 2 aromatic heterocycles. The number of anilines is 2.